The predicted molar refractivity (Wildman–Crippen MR) is 112 cm³/mol. The Bertz CT molecular complexity index is 1160. The van der Waals surface area contributed by atoms with Gasteiger partial charge >= 0.3 is 5.97 Å². The van der Waals surface area contributed by atoms with Gasteiger partial charge in [-0.3, -0.25) is 4.79 Å². The number of hydrogen-bond donors (Lipinski definition) is 0. The van der Waals surface area contributed by atoms with Gasteiger partial charge in [0.1, 0.15) is 11.6 Å². The van der Waals surface area contributed by atoms with Gasteiger partial charge < -0.3 is 18.8 Å². The molecule has 1 fully saturated rings. The highest BCUT2D eigenvalue weighted by Gasteiger charge is 2.35. The van der Waals surface area contributed by atoms with Crippen molar-refractivity contribution in [3.05, 3.63) is 64.5 Å². The van der Waals surface area contributed by atoms with Crippen LogP contribution in [0.3, 0.4) is 0 Å². The summed E-state index contributed by atoms with van der Waals surface area (Å²) in [6.45, 7) is 2.32. The lowest BCUT2D eigenvalue weighted by Gasteiger charge is -2.43. The minimum Gasteiger partial charge on any atom is -0.465 e. The molecule has 0 amide bonds. The molecule has 0 N–H and O–H groups in total. The van der Waals surface area contributed by atoms with Gasteiger partial charge in [-0.05, 0) is 36.6 Å². The number of hydrogen-bond acceptors (Lipinski definition) is 6. The van der Waals surface area contributed by atoms with Crippen LogP contribution >= 0.6 is 0 Å². The molecule has 3 aromatic rings. The monoisotopic (exact) mass is 405 g/mol. The summed E-state index contributed by atoms with van der Waals surface area (Å²) in [6, 6.07) is 7.59. The zero-order valence-corrected chi connectivity index (χ0v) is 17.0. The summed E-state index contributed by atoms with van der Waals surface area (Å²) in [6.07, 6.45) is 6.19. The van der Waals surface area contributed by atoms with Crippen LogP contribution in [0, 0.1) is 5.92 Å². The van der Waals surface area contributed by atoms with Crippen LogP contribution in [0.4, 0.5) is 5.82 Å². The molecule has 0 unspecified atom stereocenters. The van der Waals surface area contributed by atoms with Crippen LogP contribution in [0.2, 0.25) is 0 Å². The van der Waals surface area contributed by atoms with Gasteiger partial charge in [0.25, 0.3) is 5.56 Å². The number of methoxy groups -OCH3 is 1. The van der Waals surface area contributed by atoms with Crippen molar-refractivity contribution in [1.29, 1.82) is 0 Å². The van der Waals surface area contributed by atoms with Gasteiger partial charge in [-0.25, -0.2) is 14.8 Å². The van der Waals surface area contributed by atoms with Crippen molar-refractivity contribution in [3.8, 4) is 11.4 Å². The average molecular weight is 405 g/mol. The van der Waals surface area contributed by atoms with E-state index in [0.717, 1.165) is 31.0 Å². The van der Waals surface area contributed by atoms with Crippen molar-refractivity contribution < 1.29 is 9.53 Å². The summed E-state index contributed by atoms with van der Waals surface area (Å²) < 4.78 is 8.56. The first-order valence-electron chi connectivity index (χ1n) is 10.1. The van der Waals surface area contributed by atoms with Crippen molar-refractivity contribution >= 4 is 11.8 Å². The summed E-state index contributed by atoms with van der Waals surface area (Å²) in [7, 11) is 3.26. The van der Waals surface area contributed by atoms with E-state index in [-0.39, 0.29) is 17.4 Å². The number of carbonyl (C=O) groups is 1. The van der Waals surface area contributed by atoms with Crippen molar-refractivity contribution in [2.45, 2.75) is 18.9 Å². The number of carbonyl (C=O) groups excluding carboxylic acids is 1. The van der Waals surface area contributed by atoms with Gasteiger partial charge in [0.05, 0.1) is 18.2 Å². The summed E-state index contributed by atoms with van der Waals surface area (Å²) in [4.78, 5) is 35.9. The fourth-order valence-corrected chi connectivity index (χ4v) is 4.74. The van der Waals surface area contributed by atoms with Gasteiger partial charge in [-0.1, -0.05) is 0 Å². The molecule has 2 aliphatic rings. The number of ether oxygens (including phenoxy) is 1. The van der Waals surface area contributed by atoms with Crippen LogP contribution in [0.1, 0.15) is 28.4 Å². The molecule has 3 aromatic heterocycles. The third-order valence-electron chi connectivity index (χ3n) is 6.16. The minimum atomic E-state index is -0.388. The largest absolute Gasteiger partial charge is 0.465 e. The van der Waals surface area contributed by atoms with Crippen LogP contribution in [-0.2, 0) is 18.3 Å². The molecule has 154 valence electrons. The van der Waals surface area contributed by atoms with Crippen LogP contribution in [0.5, 0.6) is 0 Å². The fourth-order valence-electron chi connectivity index (χ4n) is 4.74. The van der Waals surface area contributed by atoms with Crippen LogP contribution in [0.15, 0.2) is 47.7 Å². The first-order valence-corrected chi connectivity index (χ1v) is 10.1. The van der Waals surface area contributed by atoms with Crippen LogP contribution in [-0.4, -0.2) is 45.3 Å². The molecule has 2 bridgehead atoms. The maximum atomic E-state index is 13.2. The Balaban J connectivity index is 1.44. The molecule has 0 aromatic carbocycles. The van der Waals surface area contributed by atoms with Crippen molar-refractivity contribution in [3.63, 3.8) is 0 Å². The topological polar surface area (TPSA) is 82.3 Å². The van der Waals surface area contributed by atoms with Crippen LogP contribution in [0.25, 0.3) is 11.4 Å². The number of imidazole rings is 1. The second-order valence-corrected chi connectivity index (χ2v) is 8.05. The van der Waals surface area contributed by atoms with Gasteiger partial charge in [-0.2, -0.15) is 0 Å². The number of anilines is 1. The lowest BCUT2D eigenvalue weighted by molar-refractivity contribution is 0.0600. The number of aromatic nitrogens is 4. The molecule has 0 saturated carbocycles. The Hall–Kier alpha value is -3.42. The number of fused-ring (bicyclic) bond motifs is 4. The quantitative estimate of drug-likeness (QED) is 0.621. The smallest absolute Gasteiger partial charge is 0.339 e. The van der Waals surface area contributed by atoms with E-state index >= 15 is 0 Å². The Morgan fingerprint density at radius 3 is 2.70 bits per heavy atom. The molecule has 2 atom stereocenters. The van der Waals surface area contributed by atoms with E-state index in [1.807, 2.05) is 34.5 Å². The molecule has 5 rings (SSSR count). The number of nitrogens with zero attached hydrogens (tertiary/aromatic N) is 5. The Labute approximate surface area is 173 Å². The Morgan fingerprint density at radius 2 is 2.00 bits per heavy atom. The number of pyridine rings is 2. The second kappa shape index (κ2) is 7.12. The number of piperidine rings is 1. The molecule has 2 aliphatic heterocycles. The highest BCUT2D eigenvalue weighted by molar-refractivity contribution is 5.89. The van der Waals surface area contributed by atoms with Gasteiger partial charge in [0, 0.05) is 56.9 Å². The van der Waals surface area contributed by atoms with E-state index in [4.69, 9.17) is 4.74 Å². The number of aryl methyl sites for hydroxylation is 1. The zero-order chi connectivity index (χ0) is 20.8. The Kier molecular flexibility index (Phi) is 4.42. The summed E-state index contributed by atoms with van der Waals surface area (Å²) in [5.74, 6) is 1.79. The standard InChI is InChI=1S/C22H23N5O3/c1-25-8-7-23-20(25)17-4-5-18-16-9-14(12-27(18)21(17)28)11-26(13-16)19-6-3-15(10-24-19)22(29)30-2/h3-8,10,14,16H,9,11-13H2,1-2H3/t14-,16+/m0/s1. The molecule has 0 spiro atoms. The lowest BCUT2D eigenvalue weighted by Crippen LogP contribution is -2.47. The first-order chi connectivity index (χ1) is 14.5. The Morgan fingerprint density at radius 1 is 1.13 bits per heavy atom. The van der Waals surface area contributed by atoms with E-state index in [9.17, 15) is 9.59 Å². The molecular formula is C22H23N5O3. The zero-order valence-electron chi connectivity index (χ0n) is 17.0. The maximum absolute atomic E-state index is 13.2. The second-order valence-electron chi connectivity index (χ2n) is 8.05. The molecule has 8 heteroatoms. The number of rotatable bonds is 3. The van der Waals surface area contributed by atoms with Gasteiger partial charge in [-0.15, -0.1) is 0 Å². The molecular weight excluding hydrogens is 382 g/mol. The van der Waals surface area contributed by atoms with E-state index in [2.05, 4.69) is 20.9 Å². The van der Waals surface area contributed by atoms with E-state index in [1.165, 1.54) is 7.11 Å². The predicted octanol–water partition coefficient (Wildman–Crippen LogP) is 2.05. The highest BCUT2D eigenvalue weighted by atomic mass is 16.5. The summed E-state index contributed by atoms with van der Waals surface area (Å²) >= 11 is 0. The van der Waals surface area contributed by atoms with Crippen molar-refractivity contribution in [2.75, 3.05) is 25.1 Å². The molecule has 1 saturated heterocycles. The van der Waals surface area contributed by atoms with E-state index < -0.39 is 0 Å². The molecule has 8 nitrogen and oxygen atoms in total. The SMILES string of the molecule is COC(=O)c1ccc(N2C[C@@H]3C[C@H](C2)c2ccc(-c4nccn4C)c(=O)n2C3)nc1. The molecule has 0 aliphatic carbocycles. The third kappa shape index (κ3) is 2.99. The fraction of sp³-hybridized carbons (Fsp3) is 0.364. The first kappa shape index (κ1) is 18.6. The van der Waals surface area contributed by atoms with E-state index in [0.29, 0.717) is 29.4 Å². The molecule has 30 heavy (non-hydrogen) atoms. The van der Waals surface area contributed by atoms with Crippen molar-refractivity contribution in [2.24, 2.45) is 13.0 Å². The van der Waals surface area contributed by atoms with Gasteiger partial charge in [0.2, 0.25) is 0 Å². The lowest BCUT2D eigenvalue weighted by atomic mass is 9.83. The highest BCUT2D eigenvalue weighted by Crippen LogP contribution is 2.37. The normalized spacial score (nSPS) is 20.0. The maximum Gasteiger partial charge on any atom is 0.339 e. The number of esters is 1. The van der Waals surface area contributed by atoms with E-state index in [1.54, 1.807) is 18.5 Å². The minimum absolute atomic E-state index is 0.0329. The molecule has 5 heterocycles. The average Bonchev–Trinajstić information content (AvgIpc) is 3.19. The van der Waals surface area contributed by atoms with Crippen molar-refractivity contribution in [1.82, 2.24) is 19.1 Å². The van der Waals surface area contributed by atoms with Crippen LogP contribution < -0.4 is 10.5 Å². The molecule has 0 radical (unpaired) electrons. The van der Waals surface area contributed by atoms with Gasteiger partial charge in [0.15, 0.2) is 0 Å². The third-order valence-corrected chi connectivity index (χ3v) is 6.16. The summed E-state index contributed by atoms with van der Waals surface area (Å²) in [5.41, 5.74) is 2.19. The summed E-state index contributed by atoms with van der Waals surface area (Å²) in [5, 5.41) is 0.